The van der Waals surface area contributed by atoms with Crippen molar-refractivity contribution < 1.29 is 4.74 Å². The van der Waals surface area contributed by atoms with Crippen LogP contribution in [0.1, 0.15) is 35.1 Å². The van der Waals surface area contributed by atoms with Gasteiger partial charge in [-0.1, -0.05) is 36.4 Å². The lowest BCUT2D eigenvalue weighted by molar-refractivity contribution is 0.413. The minimum absolute atomic E-state index is 0.112. The van der Waals surface area contributed by atoms with E-state index in [-0.39, 0.29) is 6.04 Å². The number of hydrogen-bond acceptors (Lipinski definition) is 2. The molecule has 2 aliphatic carbocycles. The van der Waals surface area contributed by atoms with E-state index in [0.717, 1.165) is 11.7 Å². The zero-order valence-corrected chi connectivity index (χ0v) is 12.3. The van der Waals surface area contributed by atoms with E-state index in [1.54, 1.807) is 7.11 Å². The van der Waals surface area contributed by atoms with E-state index >= 15 is 0 Å². The Kier molecular flexibility index (Phi) is 3.00. The van der Waals surface area contributed by atoms with Crippen molar-refractivity contribution in [3.05, 3.63) is 65.2 Å². The van der Waals surface area contributed by atoms with Crippen LogP contribution in [0.5, 0.6) is 5.75 Å². The Hall–Kier alpha value is -1.80. The second-order valence-corrected chi connectivity index (χ2v) is 6.31. The van der Waals surface area contributed by atoms with Crippen LogP contribution in [0.25, 0.3) is 0 Å². The van der Waals surface area contributed by atoms with Crippen molar-refractivity contribution >= 4 is 0 Å². The second kappa shape index (κ2) is 4.88. The molecule has 108 valence electrons. The van der Waals surface area contributed by atoms with Gasteiger partial charge < -0.3 is 10.5 Å². The first-order valence-corrected chi connectivity index (χ1v) is 7.77. The molecule has 2 aromatic carbocycles. The molecule has 4 unspecified atom stereocenters. The van der Waals surface area contributed by atoms with Gasteiger partial charge in [-0.05, 0) is 59.4 Å². The van der Waals surface area contributed by atoms with E-state index < -0.39 is 0 Å². The molecular weight excluding hydrogens is 258 g/mol. The Labute approximate surface area is 125 Å². The molecule has 0 aromatic heterocycles. The fraction of sp³-hybridized carbons (Fsp3) is 0.368. The molecule has 2 aliphatic rings. The van der Waals surface area contributed by atoms with Gasteiger partial charge in [0, 0.05) is 6.04 Å². The molecule has 2 aromatic rings. The summed E-state index contributed by atoms with van der Waals surface area (Å²) in [4.78, 5) is 0. The summed E-state index contributed by atoms with van der Waals surface area (Å²) in [7, 11) is 1.71. The number of fused-ring (bicyclic) bond motifs is 3. The third-order valence-electron chi connectivity index (χ3n) is 5.28. The van der Waals surface area contributed by atoms with Gasteiger partial charge >= 0.3 is 0 Å². The maximum Gasteiger partial charge on any atom is 0.119 e. The molecule has 2 heteroatoms. The first kappa shape index (κ1) is 12.9. The lowest BCUT2D eigenvalue weighted by atomic mass is 9.92. The fourth-order valence-corrected chi connectivity index (χ4v) is 4.18. The summed E-state index contributed by atoms with van der Waals surface area (Å²) in [5, 5.41) is 0. The number of ether oxygens (including phenoxy) is 1. The van der Waals surface area contributed by atoms with E-state index in [0.29, 0.717) is 11.8 Å². The SMILES string of the molecule is COc1cccc(C(N)C2C3CCc4ccccc4C32)c1. The minimum atomic E-state index is 0.112. The van der Waals surface area contributed by atoms with Crippen LogP contribution in [-0.2, 0) is 6.42 Å². The lowest BCUT2D eigenvalue weighted by Crippen LogP contribution is -2.14. The van der Waals surface area contributed by atoms with Crippen LogP contribution in [0.15, 0.2) is 48.5 Å². The zero-order chi connectivity index (χ0) is 14.4. The summed E-state index contributed by atoms with van der Waals surface area (Å²) in [5.41, 5.74) is 10.9. The van der Waals surface area contributed by atoms with Crippen LogP contribution in [0.4, 0.5) is 0 Å². The highest BCUT2D eigenvalue weighted by Crippen LogP contribution is 2.63. The molecule has 0 amide bonds. The minimum Gasteiger partial charge on any atom is -0.497 e. The van der Waals surface area contributed by atoms with Crippen LogP contribution < -0.4 is 10.5 Å². The maximum atomic E-state index is 6.59. The molecule has 21 heavy (non-hydrogen) atoms. The number of methoxy groups -OCH3 is 1. The number of aryl methyl sites for hydroxylation is 1. The van der Waals surface area contributed by atoms with Crippen LogP contribution in [-0.4, -0.2) is 7.11 Å². The average molecular weight is 279 g/mol. The fourth-order valence-electron chi connectivity index (χ4n) is 4.18. The van der Waals surface area contributed by atoms with Gasteiger partial charge in [-0.3, -0.25) is 0 Å². The van der Waals surface area contributed by atoms with Gasteiger partial charge in [0.15, 0.2) is 0 Å². The average Bonchev–Trinajstić information content (AvgIpc) is 3.29. The summed E-state index contributed by atoms with van der Waals surface area (Å²) >= 11 is 0. The molecule has 0 bridgehead atoms. The smallest absolute Gasteiger partial charge is 0.119 e. The van der Waals surface area contributed by atoms with Crippen molar-refractivity contribution in [1.29, 1.82) is 0 Å². The van der Waals surface area contributed by atoms with Gasteiger partial charge in [0.25, 0.3) is 0 Å². The summed E-state index contributed by atoms with van der Waals surface area (Å²) < 4.78 is 5.32. The predicted molar refractivity (Wildman–Crippen MR) is 84.4 cm³/mol. The Morgan fingerprint density at radius 2 is 2.00 bits per heavy atom. The quantitative estimate of drug-likeness (QED) is 0.930. The van der Waals surface area contributed by atoms with Crippen molar-refractivity contribution in [2.45, 2.75) is 24.8 Å². The molecule has 4 rings (SSSR count). The standard InChI is InChI=1S/C19H21NO/c1-21-14-7-4-6-13(11-14)19(20)18-16-10-9-12-5-2-3-8-15(12)17(16)18/h2-8,11,16-19H,9-10,20H2,1H3. The van der Waals surface area contributed by atoms with Crippen molar-refractivity contribution in [3.8, 4) is 5.75 Å². The molecule has 4 atom stereocenters. The van der Waals surface area contributed by atoms with Gasteiger partial charge in [-0.15, -0.1) is 0 Å². The Bertz CT molecular complexity index is 666. The summed E-state index contributed by atoms with van der Waals surface area (Å²) in [6.45, 7) is 0. The van der Waals surface area contributed by atoms with Crippen LogP contribution in [0.3, 0.4) is 0 Å². The van der Waals surface area contributed by atoms with Crippen molar-refractivity contribution in [2.75, 3.05) is 7.11 Å². The number of benzene rings is 2. The predicted octanol–water partition coefficient (Wildman–Crippen LogP) is 3.67. The van der Waals surface area contributed by atoms with Crippen LogP contribution in [0, 0.1) is 11.8 Å². The van der Waals surface area contributed by atoms with E-state index in [2.05, 4.69) is 36.4 Å². The highest BCUT2D eigenvalue weighted by atomic mass is 16.5. The molecule has 0 heterocycles. The van der Waals surface area contributed by atoms with Gasteiger partial charge in [0.1, 0.15) is 5.75 Å². The van der Waals surface area contributed by atoms with Crippen LogP contribution in [0.2, 0.25) is 0 Å². The first-order chi connectivity index (χ1) is 10.3. The molecule has 1 fully saturated rings. The number of nitrogens with two attached hydrogens (primary N) is 1. The normalized spacial score (nSPS) is 27.4. The summed E-state index contributed by atoms with van der Waals surface area (Å²) in [6.07, 6.45) is 2.49. The Morgan fingerprint density at radius 1 is 1.14 bits per heavy atom. The second-order valence-electron chi connectivity index (χ2n) is 6.31. The van der Waals surface area contributed by atoms with Crippen molar-refractivity contribution in [1.82, 2.24) is 0 Å². The largest absolute Gasteiger partial charge is 0.497 e. The number of hydrogen-bond donors (Lipinski definition) is 1. The summed E-state index contributed by atoms with van der Waals surface area (Å²) in [6, 6.07) is 17.2. The zero-order valence-electron chi connectivity index (χ0n) is 12.3. The molecule has 1 saturated carbocycles. The van der Waals surface area contributed by atoms with Gasteiger partial charge in [-0.2, -0.15) is 0 Å². The van der Waals surface area contributed by atoms with Crippen molar-refractivity contribution in [2.24, 2.45) is 17.6 Å². The molecule has 0 radical (unpaired) electrons. The number of rotatable bonds is 3. The highest BCUT2D eigenvalue weighted by molar-refractivity contribution is 5.42. The van der Waals surface area contributed by atoms with Gasteiger partial charge in [-0.25, -0.2) is 0 Å². The monoisotopic (exact) mass is 279 g/mol. The molecule has 0 saturated heterocycles. The van der Waals surface area contributed by atoms with Crippen LogP contribution >= 0.6 is 0 Å². The lowest BCUT2D eigenvalue weighted by Gasteiger charge is -2.14. The van der Waals surface area contributed by atoms with Crippen molar-refractivity contribution in [3.63, 3.8) is 0 Å². The third kappa shape index (κ3) is 2.06. The summed E-state index contributed by atoms with van der Waals surface area (Å²) in [5.74, 6) is 2.91. The third-order valence-corrected chi connectivity index (χ3v) is 5.28. The topological polar surface area (TPSA) is 35.2 Å². The molecule has 2 nitrogen and oxygen atoms in total. The van der Waals surface area contributed by atoms with Gasteiger partial charge in [0.05, 0.1) is 7.11 Å². The molecule has 2 N–H and O–H groups in total. The van der Waals surface area contributed by atoms with E-state index in [1.807, 2.05) is 12.1 Å². The van der Waals surface area contributed by atoms with E-state index in [4.69, 9.17) is 10.5 Å². The molecule has 0 spiro atoms. The molecule has 0 aliphatic heterocycles. The Morgan fingerprint density at radius 3 is 2.86 bits per heavy atom. The Balaban J connectivity index is 1.61. The molecular formula is C19H21NO. The van der Waals surface area contributed by atoms with E-state index in [9.17, 15) is 0 Å². The highest BCUT2D eigenvalue weighted by Gasteiger charge is 2.55. The van der Waals surface area contributed by atoms with E-state index in [1.165, 1.54) is 29.5 Å². The first-order valence-electron chi connectivity index (χ1n) is 7.77. The van der Waals surface area contributed by atoms with Gasteiger partial charge in [0.2, 0.25) is 0 Å². The maximum absolute atomic E-state index is 6.59.